The van der Waals surface area contributed by atoms with Gasteiger partial charge in [-0.2, -0.15) is 5.10 Å². The molecule has 1 N–H and O–H groups in total. The Morgan fingerprint density at radius 1 is 0.969 bits per heavy atom. The summed E-state index contributed by atoms with van der Waals surface area (Å²) in [6, 6.07) is 19.2. The smallest absolute Gasteiger partial charge is 0.250 e. The van der Waals surface area contributed by atoms with E-state index in [0.29, 0.717) is 11.0 Å². The molecule has 2 heterocycles. The maximum Gasteiger partial charge on any atom is 0.250 e. The van der Waals surface area contributed by atoms with E-state index < -0.39 is 0 Å². The fourth-order valence-electron chi connectivity index (χ4n) is 2.76. The Morgan fingerprint density at radius 2 is 1.62 bits per heavy atom. The van der Waals surface area contributed by atoms with Crippen LogP contribution in [0.3, 0.4) is 0 Å². The van der Waals surface area contributed by atoms with Gasteiger partial charge >= 0.3 is 0 Å². The van der Waals surface area contributed by atoms with Crippen LogP contribution in [0.15, 0.2) is 92.3 Å². The van der Waals surface area contributed by atoms with Gasteiger partial charge in [0.1, 0.15) is 0 Å². The van der Waals surface area contributed by atoms with E-state index in [1.807, 2.05) is 65.2 Å². The van der Waals surface area contributed by atoms with Crippen LogP contribution in [0, 0.1) is 0 Å². The largest absolute Gasteiger partial charge is 0.272 e. The second kappa shape index (κ2) is 10.7. The van der Waals surface area contributed by atoms with Crippen molar-refractivity contribution in [2.45, 2.75) is 5.16 Å². The Balaban J connectivity index is 1.49. The third-order valence-electron chi connectivity index (χ3n) is 4.26. The van der Waals surface area contributed by atoms with E-state index in [9.17, 15) is 4.79 Å². The van der Waals surface area contributed by atoms with Crippen LogP contribution in [0.2, 0.25) is 0 Å². The van der Waals surface area contributed by atoms with Gasteiger partial charge in [-0.3, -0.25) is 14.3 Å². The molecule has 0 aliphatic carbocycles. The molecule has 0 unspecified atom stereocenters. The molecule has 0 fully saturated rings. The SMILES string of the molecule is O=C(CSc1nnc(-c2ccncc2)n1-c1ccc(Br)cc1)NN=Cc1ccc(Br)cc1. The summed E-state index contributed by atoms with van der Waals surface area (Å²) in [4.78, 5) is 16.4. The summed E-state index contributed by atoms with van der Waals surface area (Å²) in [6.45, 7) is 0. The summed E-state index contributed by atoms with van der Waals surface area (Å²) in [5.74, 6) is 0.577. The topological polar surface area (TPSA) is 85.1 Å². The number of aromatic nitrogens is 4. The number of halogens is 2. The molecule has 0 atom stereocenters. The highest BCUT2D eigenvalue weighted by molar-refractivity contribution is 9.10. The van der Waals surface area contributed by atoms with Crippen LogP contribution in [0.4, 0.5) is 0 Å². The number of hydrazone groups is 1. The Morgan fingerprint density at radius 3 is 2.31 bits per heavy atom. The Hall–Kier alpha value is -2.82. The van der Waals surface area contributed by atoms with Crippen molar-refractivity contribution in [1.82, 2.24) is 25.2 Å². The van der Waals surface area contributed by atoms with Gasteiger partial charge in [0.15, 0.2) is 11.0 Å². The summed E-state index contributed by atoms with van der Waals surface area (Å²) in [5, 5.41) is 13.3. The van der Waals surface area contributed by atoms with Gasteiger partial charge in [0.25, 0.3) is 5.91 Å². The molecule has 1 amide bonds. The van der Waals surface area contributed by atoms with Crippen molar-refractivity contribution in [3.05, 3.63) is 87.6 Å². The highest BCUT2D eigenvalue weighted by atomic mass is 79.9. The first-order valence-electron chi connectivity index (χ1n) is 9.42. The van der Waals surface area contributed by atoms with Crippen molar-refractivity contribution < 1.29 is 4.79 Å². The van der Waals surface area contributed by atoms with Crippen molar-refractivity contribution in [2.75, 3.05) is 5.75 Å². The van der Waals surface area contributed by atoms with Gasteiger partial charge in [-0.1, -0.05) is 55.8 Å². The molecule has 0 bridgehead atoms. The van der Waals surface area contributed by atoms with E-state index in [4.69, 9.17) is 0 Å². The minimum atomic E-state index is -0.237. The van der Waals surface area contributed by atoms with Gasteiger partial charge in [-0.25, -0.2) is 5.43 Å². The number of carbonyl (C=O) groups excluding carboxylic acids is 1. The van der Waals surface area contributed by atoms with Crippen LogP contribution in [-0.2, 0) is 4.79 Å². The highest BCUT2D eigenvalue weighted by Crippen LogP contribution is 2.28. The number of rotatable bonds is 7. The fourth-order valence-corrected chi connectivity index (χ4v) is 4.04. The predicted octanol–water partition coefficient (Wildman–Crippen LogP) is 5.10. The standard InChI is InChI=1S/C22H16Br2N6OS/c23-17-3-1-15(2-4-17)13-26-27-20(31)14-32-22-29-28-21(16-9-11-25-12-10-16)30(22)19-7-5-18(24)6-8-19/h1-13H,14H2,(H,27,31). The normalized spacial score (nSPS) is 11.1. The fraction of sp³-hybridized carbons (Fsp3) is 0.0455. The number of carbonyl (C=O) groups is 1. The maximum atomic E-state index is 12.3. The highest BCUT2D eigenvalue weighted by Gasteiger charge is 2.17. The number of nitrogens with one attached hydrogen (secondary N) is 1. The lowest BCUT2D eigenvalue weighted by Gasteiger charge is -2.10. The van der Waals surface area contributed by atoms with Crippen LogP contribution in [0.1, 0.15) is 5.56 Å². The van der Waals surface area contributed by atoms with Crippen LogP contribution in [0.25, 0.3) is 17.1 Å². The van der Waals surface area contributed by atoms with Gasteiger partial charge in [0, 0.05) is 32.6 Å². The zero-order valence-corrected chi connectivity index (χ0v) is 20.5. The molecule has 0 aliphatic rings. The van der Waals surface area contributed by atoms with Crippen LogP contribution in [0.5, 0.6) is 0 Å². The second-order valence-corrected chi connectivity index (χ2v) is 9.26. The average molecular weight is 572 g/mol. The summed E-state index contributed by atoms with van der Waals surface area (Å²) in [6.07, 6.45) is 5.01. The molecule has 2 aromatic carbocycles. The number of thioether (sulfide) groups is 1. The molecule has 10 heteroatoms. The van der Waals surface area contributed by atoms with E-state index in [1.54, 1.807) is 18.6 Å². The molecule has 0 aliphatic heterocycles. The van der Waals surface area contributed by atoms with E-state index in [2.05, 4.69) is 57.6 Å². The van der Waals surface area contributed by atoms with Crippen LogP contribution in [-0.4, -0.2) is 37.6 Å². The van der Waals surface area contributed by atoms with Gasteiger partial charge in [0.2, 0.25) is 0 Å². The molecule has 160 valence electrons. The molecule has 7 nitrogen and oxygen atoms in total. The monoisotopic (exact) mass is 570 g/mol. The first kappa shape index (κ1) is 22.4. The Bertz CT molecular complexity index is 1230. The van der Waals surface area contributed by atoms with E-state index >= 15 is 0 Å². The molecule has 4 rings (SSSR count). The van der Waals surface area contributed by atoms with Gasteiger partial charge in [0.05, 0.1) is 12.0 Å². The number of amides is 1. The molecule has 32 heavy (non-hydrogen) atoms. The van der Waals surface area contributed by atoms with Gasteiger partial charge in [-0.15, -0.1) is 10.2 Å². The molecular formula is C22H16Br2N6OS. The third kappa shape index (κ3) is 5.70. The number of nitrogens with zero attached hydrogens (tertiary/aromatic N) is 5. The first-order valence-corrected chi connectivity index (χ1v) is 12.0. The van der Waals surface area contributed by atoms with Crippen molar-refractivity contribution in [1.29, 1.82) is 0 Å². The average Bonchev–Trinajstić information content (AvgIpc) is 3.24. The molecule has 2 aromatic heterocycles. The predicted molar refractivity (Wildman–Crippen MR) is 133 cm³/mol. The zero-order valence-electron chi connectivity index (χ0n) is 16.5. The lowest BCUT2D eigenvalue weighted by Crippen LogP contribution is -2.20. The third-order valence-corrected chi connectivity index (χ3v) is 6.25. The molecule has 4 aromatic rings. The lowest BCUT2D eigenvalue weighted by molar-refractivity contribution is -0.118. The molecule has 0 saturated carbocycles. The van der Waals surface area contributed by atoms with E-state index in [-0.39, 0.29) is 11.7 Å². The van der Waals surface area contributed by atoms with Gasteiger partial charge in [-0.05, 0) is 54.1 Å². The van der Waals surface area contributed by atoms with Crippen molar-refractivity contribution in [2.24, 2.45) is 5.10 Å². The van der Waals surface area contributed by atoms with Gasteiger partial charge < -0.3 is 0 Å². The molecule has 0 radical (unpaired) electrons. The summed E-state index contributed by atoms with van der Waals surface area (Å²) >= 11 is 8.14. The first-order chi connectivity index (χ1) is 15.6. The number of hydrogen-bond acceptors (Lipinski definition) is 6. The lowest BCUT2D eigenvalue weighted by atomic mass is 10.2. The van der Waals surface area contributed by atoms with Crippen molar-refractivity contribution in [3.8, 4) is 17.1 Å². The van der Waals surface area contributed by atoms with Crippen LogP contribution < -0.4 is 5.43 Å². The Kier molecular flexibility index (Phi) is 7.46. The number of pyridine rings is 1. The number of hydrogen-bond donors (Lipinski definition) is 1. The maximum absolute atomic E-state index is 12.3. The Labute approximate surface area is 205 Å². The van der Waals surface area contributed by atoms with E-state index in [1.165, 1.54) is 11.8 Å². The van der Waals surface area contributed by atoms with Crippen LogP contribution >= 0.6 is 43.6 Å². The molecule has 0 saturated heterocycles. The second-order valence-electron chi connectivity index (χ2n) is 6.49. The van der Waals surface area contributed by atoms with E-state index in [0.717, 1.165) is 25.8 Å². The van der Waals surface area contributed by atoms with Crippen molar-refractivity contribution >= 4 is 55.7 Å². The summed E-state index contributed by atoms with van der Waals surface area (Å²) in [7, 11) is 0. The summed E-state index contributed by atoms with van der Waals surface area (Å²) < 4.78 is 3.87. The number of benzene rings is 2. The quantitative estimate of drug-likeness (QED) is 0.189. The minimum Gasteiger partial charge on any atom is -0.272 e. The van der Waals surface area contributed by atoms with Crippen molar-refractivity contribution in [3.63, 3.8) is 0 Å². The summed E-state index contributed by atoms with van der Waals surface area (Å²) in [5.41, 5.74) is 5.20. The zero-order chi connectivity index (χ0) is 22.3. The molecule has 0 spiro atoms. The minimum absolute atomic E-state index is 0.142. The molecular weight excluding hydrogens is 556 g/mol.